The molecule has 13 nitrogen and oxygen atoms in total. The predicted octanol–water partition coefficient (Wildman–Crippen LogP) is 1.40. The van der Waals surface area contributed by atoms with Gasteiger partial charge in [0, 0.05) is 18.2 Å². The molecular formula is C14H12ClN5O8S. The molecule has 0 aliphatic heterocycles. The molecule has 1 aromatic carbocycles. The van der Waals surface area contributed by atoms with Crippen molar-refractivity contribution < 1.29 is 32.4 Å². The zero-order chi connectivity index (χ0) is 21.7. The molecule has 0 radical (unpaired) electrons. The highest BCUT2D eigenvalue weighted by Gasteiger charge is 2.27. The Bertz CT molecular complexity index is 1050. The zero-order valence-corrected chi connectivity index (χ0v) is 16.3. The number of methoxy groups -OCH3 is 2. The van der Waals surface area contributed by atoms with Crippen LogP contribution in [-0.4, -0.2) is 49.5 Å². The lowest BCUT2D eigenvalue weighted by Gasteiger charge is -2.18. The van der Waals surface area contributed by atoms with Crippen molar-refractivity contribution >= 4 is 51.8 Å². The minimum absolute atomic E-state index is 0.0102. The van der Waals surface area contributed by atoms with Crippen LogP contribution in [0.3, 0.4) is 0 Å². The van der Waals surface area contributed by atoms with Gasteiger partial charge in [-0.2, -0.15) is 9.29 Å². The van der Waals surface area contributed by atoms with Gasteiger partial charge in [-0.15, -0.1) is 0 Å². The number of benzene rings is 1. The van der Waals surface area contributed by atoms with Gasteiger partial charge in [-0.3, -0.25) is 15.4 Å². The second-order valence-electron chi connectivity index (χ2n) is 4.99. The number of carbonyl (C=O) groups is 2. The lowest BCUT2D eigenvalue weighted by atomic mass is 10.1. The fourth-order valence-electron chi connectivity index (χ4n) is 2.07. The third-order valence-corrected chi connectivity index (χ3v) is 4.20. The Morgan fingerprint density at radius 2 is 1.93 bits per heavy atom. The van der Waals surface area contributed by atoms with Crippen molar-refractivity contribution in [2.24, 2.45) is 0 Å². The number of hydrogen-bond acceptors (Lipinski definition) is 10. The van der Waals surface area contributed by atoms with E-state index in [9.17, 15) is 28.1 Å². The van der Waals surface area contributed by atoms with Gasteiger partial charge in [0.05, 0.1) is 30.4 Å². The van der Waals surface area contributed by atoms with Gasteiger partial charge >= 0.3 is 12.0 Å². The second kappa shape index (κ2) is 9.11. The molecule has 0 saturated heterocycles. The van der Waals surface area contributed by atoms with Gasteiger partial charge in [-0.25, -0.2) is 23.0 Å². The smallest absolute Gasteiger partial charge is 0.342 e. The van der Waals surface area contributed by atoms with Crippen molar-refractivity contribution in [1.82, 2.24) is 9.97 Å². The first-order valence-corrected chi connectivity index (χ1v) is 8.89. The van der Waals surface area contributed by atoms with Crippen LogP contribution in [0.1, 0.15) is 10.4 Å². The van der Waals surface area contributed by atoms with Crippen LogP contribution >= 0.6 is 11.6 Å². The predicted molar refractivity (Wildman–Crippen MR) is 99.8 cm³/mol. The third kappa shape index (κ3) is 5.05. The molecule has 0 saturated carbocycles. The van der Waals surface area contributed by atoms with Crippen molar-refractivity contribution in [1.29, 1.82) is 0 Å². The minimum Gasteiger partial charge on any atom is -0.481 e. The van der Waals surface area contributed by atoms with E-state index >= 15 is 0 Å². The van der Waals surface area contributed by atoms with Crippen molar-refractivity contribution in [3.63, 3.8) is 0 Å². The Balaban J connectivity index is 2.51. The van der Waals surface area contributed by atoms with Crippen molar-refractivity contribution in [2.75, 3.05) is 23.8 Å². The van der Waals surface area contributed by atoms with Crippen molar-refractivity contribution in [2.45, 2.75) is 0 Å². The SMILES string of the molecule is COC(=O)c1cc([N+](=O)[O-])ccc1N(C(=O)Nc1nc(Cl)cc(OC)n1)[SH](=O)=O. The number of nitro groups is 1. The second-order valence-corrected chi connectivity index (χ2v) is 6.25. The van der Waals surface area contributed by atoms with E-state index in [0.717, 1.165) is 25.3 Å². The van der Waals surface area contributed by atoms with Gasteiger partial charge in [-0.1, -0.05) is 11.6 Å². The Morgan fingerprint density at radius 3 is 2.48 bits per heavy atom. The zero-order valence-electron chi connectivity index (χ0n) is 14.7. The molecule has 1 N–H and O–H groups in total. The molecule has 0 bridgehead atoms. The summed E-state index contributed by atoms with van der Waals surface area (Å²) >= 11 is 5.76. The molecule has 0 aliphatic rings. The Labute approximate surface area is 169 Å². The normalized spacial score (nSPS) is 10.3. The molecule has 29 heavy (non-hydrogen) atoms. The quantitative estimate of drug-likeness (QED) is 0.217. The number of nitrogens with zero attached hydrogens (tertiary/aromatic N) is 4. The van der Waals surface area contributed by atoms with Gasteiger partial charge in [0.2, 0.25) is 22.7 Å². The van der Waals surface area contributed by atoms with Crippen LogP contribution in [0.5, 0.6) is 5.88 Å². The average molecular weight is 446 g/mol. The largest absolute Gasteiger partial charge is 0.481 e. The van der Waals surface area contributed by atoms with E-state index in [1.807, 2.05) is 0 Å². The maximum atomic E-state index is 12.5. The summed E-state index contributed by atoms with van der Waals surface area (Å²) in [5.41, 5.74) is -1.52. The van der Waals surface area contributed by atoms with Crippen LogP contribution in [0.2, 0.25) is 5.15 Å². The number of amides is 2. The summed E-state index contributed by atoms with van der Waals surface area (Å²) in [5.74, 6) is -1.49. The Hall–Kier alpha value is -3.52. The molecule has 0 atom stereocenters. The monoisotopic (exact) mass is 445 g/mol. The molecule has 2 rings (SSSR count). The molecule has 0 unspecified atom stereocenters. The lowest BCUT2D eigenvalue weighted by Crippen LogP contribution is -2.35. The fraction of sp³-hybridized carbons (Fsp3) is 0.143. The number of non-ortho nitro benzene ring substituents is 1. The molecule has 1 heterocycles. The molecule has 0 fully saturated rings. The van der Waals surface area contributed by atoms with E-state index in [1.165, 1.54) is 13.2 Å². The van der Waals surface area contributed by atoms with E-state index in [1.54, 1.807) is 0 Å². The van der Waals surface area contributed by atoms with E-state index in [-0.39, 0.29) is 21.3 Å². The minimum atomic E-state index is -3.64. The number of nitrogens with one attached hydrogen (secondary N) is 1. The van der Waals surface area contributed by atoms with Gasteiger partial charge in [0.25, 0.3) is 5.69 Å². The van der Waals surface area contributed by atoms with Gasteiger partial charge < -0.3 is 9.47 Å². The highest BCUT2D eigenvalue weighted by Crippen LogP contribution is 2.27. The molecular weight excluding hydrogens is 434 g/mol. The van der Waals surface area contributed by atoms with Gasteiger partial charge in [0.1, 0.15) is 5.15 Å². The Kier molecular flexibility index (Phi) is 6.84. The standard InChI is InChI=1S/C14H12ClN5O8S/c1-27-11-6-10(15)16-13(17-11)18-14(22)19(29(25)26)9-4-3-7(20(23)24)5-8(9)12(21)28-2/h3-6,29H,1-2H3,(H,16,17,18,22). The van der Waals surface area contributed by atoms with Crippen molar-refractivity contribution in [3.8, 4) is 5.88 Å². The molecule has 15 heteroatoms. The molecule has 154 valence electrons. The number of nitro benzene ring substituents is 1. The van der Waals surface area contributed by atoms with Crippen LogP contribution < -0.4 is 14.4 Å². The fourth-order valence-corrected chi connectivity index (χ4v) is 2.80. The number of anilines is 2. The molecule has 0 aliphatic carbocycles. The lowest BCUT2D eigenvalue weighted by molar-refractivity contribution is -0.384. The van der Waals surface area contributed by atoms with Crippen LogP contribution in [-0.2, 0) is 15.6 Å². The first kappa shape index (κ1) is 21.8. The summed E-state index contributed by atoms with van der Waals surface area (Å²) in [7, 11) is -1.37. The highest BCUT2D eigenvalue weighted by molar-refractivity contribution is 7.75. The number of ether oxygens (including phenoxy) is 2. The number of thiol groups is 1. The van der Waals surface area contributed by atoms with E-state index < -0.39 is 44.8 Å². The maximum absolute atomic E-state index is 12.5. The number of urea groups is 1. The number of aromatic nitrogens is 2. The highest BCUT2D eigenvalue weighted by atomic mass is 35.5. The van der Waals surface area contributed by atoms with E-state index in [4.69, 9.17) is 16.3 Å². The average Bonchev–Trinajstić information content (AvgIpc) is 2.66. The van der Waals surface area contributed by atoms with Crippen LogP contribution in [0.25, 0.3) is 0 Å². The summed E-state index contributed by atoms with van der Waals surface area (Å²) < 4.78 is 33.0. The number of rotatable bonds is 6. The summed E-state index contributed by atoms with van der Waals surface area (Å²) in [4.78, 5) is 42.2. The summed E-state index contributed by atoms with van der Waals surface area (Å²) in [6, 6.07) is 2.56. The number of halogens is 1. The van der Waals surface area contributed by atoms with E-state index in [2.05, 4.69) is 20.0 Å². The van der Waals surface area contributed by atoms with Crippen molar-refractivity contribution in [3.05, 3.63) is 45.1 Å². The summed E-state index contributed by atoms with van der Waals surface area (Å²) in [5, 5.41) is 12.9. The van der Waals surface area contributed by atoms with Crippen LogP contribution in [0.15, 0.2) is 24.3 Å². The summed E-state index contributed by atoms with van der Waals surface area (Å²) in [6.45, 7) is 0. The third-order valence-electron chi connectivity index (χ3n) is 3.28. The first-order valence-electron chi connectivity index (χ1n) is 7.38. The number of carbonyl (C=O) groups excluding carboxylic acids is 2. The van der Waals surface area contributed by atoms with E-state index in [0.29, 0.717) is 0 Å². The van der Waals surface area contributed by atoms with Gasteiger partial charge in [-0.05, 0) is 6.07 Å². The number of hydrogen-bond donors (Lipinski definition) is 2. The number of esters is 1. The molecule has 0 spiro atoms. The molecule has 1 aromatic heterocycles. The van der Waals surface area contributed by atoms with Crippen LogP contribution in [0, 0.1) is 10.1 Å². The summed E-state index contributed by atoms with van der Waals surface area (Å²) in [6.07, 6.45) is 0. The Morgan fingerprint density at radius 1 is 1.24 bits per heavy atom. The maximum Gasteiger partial charge on any atom is 0.342 e. The first-order chi connectivity index (χ1) is 13.7. The topological polar surface area (TPSA) is 171 Å². The van der Waals surface area contributed by atoms with Gasteiger partial charge in [0.15, 0.2) is 0 Å². The molecule has 2 amide bonds. The molecule has 2 aromatic rings. The van der Waals surface area contributed by atoms with Crippen LogP contribution in [0.4, 0.5) is 22.1 Å².